The molecular weight excluding hydrogens is 214 g/mol. The number of carbonyl (C=O) groups excluding carboxylic acids is 1. The second kappa shape index (κ2) is 3.81. The first-order valence-corrected chi connectivity index (χ1v) is 5.92. The predicted molar refractivity (Wildman–Crippen MR) is 66.1 cm³/mol. The van der Waals surface area contributed by atoms with Gasteiger partial charge in [-0.25, -0.2) is 0 Å². The van der Waals surface area contributed by atoms with Gasteiger partial charge < -0.3 is 5.32 Å². The van der Waals surface area contributed by atoms with Gasteiger partial charge in [-0.15, -0.1) is 0 Å². The number of pyridine rings is 1. The number of carbonyl (C=O) groups is 1. The van der Waals surface area contributed by atoms with Gasteiger partial charge in [0.25, 0.3) is 0 Å². The predicted octanol–water partition coefficient (Wildman–Crippen LogP) is 1.39. The van der Waals surface area contributed by atoms with E-state index < -0.39 is 11.2 Å². The van der Waals surface area contributed by atoms with Gasteiger partial charge in [0.1, 0.15) is 5.66 Å². The quantitative estimate of drug-likeness (QED) is 0.811. The topological polar surface area (TPSA) is 54.0 Å². The third-order valence-electron chi connectivity index (χ3n) is 3.68. The Bertz CT molecular complexity index is 432. The molecule has 17 heavy (non-hydrogen) atoms. The first-order valence-electron chi connectivity index (χ1n) is 5.92. The minimum atomic E-state index is -0.586. The number of hydrogen-bond acceptors (Lipinski definition) is 3. The lowest BCUT2D eigenvalue weighted by Crippen LogP contribution is -2.51. The Morgan fingerprint density at radius 2 is 2.00 bits per heavy atom. The Balaban J connectivity index is 2.36. The molecule has 2 atom stereocenters. The Morgan fingerprint density at radius 1 is 1.29 bits per heavy atom. The van der Waals surface area contributed by atoms with Crippen LogP contribution in [0.15, 0.2) is 24.4 Å². The van der Waals surface area contributed by atoms with Gasteiger partial charge in [0, 0.05) is 6.20 Å². The Hall–Kier alpha value is -1.42. The van der Waals surface area contributed by atoms with Crippen molar-refractivity contribution in [3.63, 3.8) is 0 Å². The van der Waals surface area contributed by atoms with Crippen molar-refractivity contribution in [3.05, 3.63) is 30.1 Å². The molecule has 0 radical (unpaired) electrons. The number of amides is 1. The average molecular weight is 233 g/mol. The average Bonchev–Trinajstić information content (AvgIpc) is 2.53. The fraction of sp³-hybridized carbons (Fsp3) is 0.538. The van der Waals surface area contributed by atoms with Crippen molar-refractivity contribution in [1.29, 1.82) is 0 Å². The zero-order chi connectivity index (χ0) is 12.7. The molecule has 2 heterocycles. The van der Waals surface area contributed by atoms with Crippen LogP contribution in [0.2, 0.25) is 0 Å². The molecule has 0 bridgehead atoms. The Kier molecular flexibility index (Phi) is 2.70. The largest absolute Gasteiger partial charge is 0.331 e. The van der Waals surface area contributed by atoms with Gasteiger partial charge in [-0.05, 0) is 31.9 Å². The standard InChI is InChI=1S/C13H19N3O/c1-9(2)12(3)11(17)15-13(4,16-12)10-7-5-6-8-14-10/h5-9,16H,1-4H3,(H,15,17)/t12-,13+/m0/s1. The summed E-state index contributed by atoms with van der Waals surface area (Å²) in [5.41, 5.74) is -0.304. The molecule has 1 saturated heterocycles. The third-order valence-corrected chi connectivity index (χ3v) is 3.68. The van der Waals surface area contributed by atoms with Crippen LogP contribution in [0.3, 0.4) is 0 Å². The van der Waals surface area contributed by atoms with Crippen LogP contribution in [0.4, 0.5) is 0 Å². The molecule has 4 heteroatoms. The zero-order valence-corrected chi connectivity index (χ0v) is 10.7. The normalized spacial score (nSPS) is 32.9. The van der Waals surface area contributed by atoms with Gasteiger partial charge >= 0.3 is 0 Å². The van der Waals surface area contributed by atoms with Crippen LogP contribution in [-0.2, 0) is 10.5 Å². The lowest BCUT2D eigenvalue weighted by atomic mass is 9.88. The van der Waals surface area contributed by atoms with Crippen LogP contribution >= 0.6 is 0 Å². The summed E-state index contributed by atoms with van der Waals surface area (Å²) in [5.74, 6) is 0.244. The molecule has 1 aromatic rings. The molecule has 1 aliphatic heterocycles. The van der Waals surface area contributed by atoms with Crippen LogP contribution in [0.5, 0.6) is 0 Å². The van der Waals surface area contributed by atoms with Gasteiger partial charge in [-0.1, -0.05) is 19.9 Å². The maximum atomic E-state index is 12.1. The van der Waals surface area contributed by atoms with E-state index in [0.29, 0.717) is 0 Å². The summed E-state index contributed by atoms with van der Waals surface area (Å²) in [4.78, 5) is 16.4. The monoisotopic (exact) mass is 233 g/mol. The third kappa shape index (κ3) is 1.82. The summed E-state index contributed by atoms with van der Waals surface area (Å²) in [5, 5.41) is 6.39. The van der Waals surface area contributed by atoms with Crippen molar-refractivity contribution in [2.75, 3.05) is 0 Å². The van der Waals surface area contributed by atoms with Crippen LogP contribution in [-0.4, -0.2) is 16.4 Å². The van der Waals surface area contributed by atoms with E-state index in [-0.39, 0.29) is 11.8 Å². The van der Waals surface area contributed by atoms with Crippen molar-refractivity contribution in [2.24, 2.45) is 5.92 Å². The lowest BCUT2D eigenvalue weighted by Gasteiger charge is -2.30. The molecule has 1 aliphatic rings. The highest BCUT2D eigenvalue weighted by Gasteiger charge is 2.51. The number of nitrogens with zero attached hydrogens (tertiary/aromatic N) is 1. The van der Waals surface area contributed by atoms with Crippen LogP contribution in [0.25, 0.3) is 0 Å². The van der Waals surface area contributed by atoms with E-state index in [1.54, 1.807) is 6.20 Å². The highest BCUT2D eigenvalue weighted by molar-refractivity contribution is 5.89. The second-order valence-corrected chi connectivity index (χ2v) is 5.28. The zero-order valence-electron chi connectivity index (χ0n) is 10.7. The van der Waals surface area contributed by atoms with Gasteiger partial charge in [-0.2, -0.15) is 0 Å². The first kappa shape index (κ1) is 12.0. The van der Waals surface area contributed by atoms with Crippen LogP contribution < -0.4 is 10.6 Å². The number of nitrogens with one attached hydrogen (secondary N) is 2. The van der Waals surface area contributed by atoms with E-state index >= 15 is 0 Å². The number of hydrogen-bond donors (Lipinski definition) is 2. The van der Waals surface area contributed by atoms with E-state index in [1.807, 2.05) is 45.9 Å². The molecule has 92 valence electrons. The molecule has 1 amide bonds. The van der Waals surface area contributed by atoms with Gasteiger partial charge in [0.15, 0.2) is 0 Å². The van der Waals surface area contributed by atoms with Crippen molar-refractivity contribution in [2.45, 2.75) is 38.9 Å². The SMILES string of the molecule is CC(C)[C@]1(C)N[C@](C)(c2ccccn2)NC1=O. The van der Waals surface area contributed by atoms with Crippen molar-refractivity contribution in [1.82, 2.24) is 15.6 Å². The summed E-state index contributed by atoms with van der Waals surface area (Å²) < 4.78 is 0. The van der Waals surface area contributed by atoms with E-state index in [2.05, 4.69) is 15.6 Å². The smallest absolute Gasteiger partial charge is 0.242 e. The van der Waals surface area contributed by atoms with E-state index in [1.165, 1.54) is 0 Å². The van der Waals surface area contributed by atoms with Crippen LogP contribution in [0.1, 0.15) is 33.4 Å². The minimum absolute atomic E-state index is 0.0284. The lowest BCUT2D eigenvalue weighted by molar-refractivity contribution is -0.125. The minimum Gasteiger partial charge on any atom is -0.331 e. The van der Waals surface area contributed by atoms with Gasteiger partial charge in [-0.3, -0.25) is 15.1 Å². The van der Waals surface area contributed by atoms with Crippen molar-refractivity contribution < 1.29 is 4.79 Å². The molecule has 2 rings (SSSR count). The van der Waals surface area contributed by atoms with Crippen LogP contribution in [0, 0.1) is 5.92 Å². The van der Waals surface area contributed by atoms with Gasteiger partial charge in [0.2, 0.25) is 5.91 Å². The van der Waals surface area contributed by atoms with Gasteiger partial charge in [0.05, 0.1) is 11.2 Å². The molecule has 0 unspecified atom stereocenters. The van der Waals surface area contributed by atoms with Crippen molar-refractivity contribution in [3.8, 4) is 0 Å². The molecule has 4 nitrogen and oxygen atoms in total. The molecule has 0 saturated carbocycles. The maximum Gasteiger partial charge on any atom is 0.242 e. The number of aromatic nitrogens is 1. The summed E-state index contributed by atoms with van der Waals surface area (Å²) in [6.07, 6.45) is 1.74. The summed E-state index contributed by atoms with van der Waals surface area (Å²) in [6.45, 7) is 7.95. The summed E-state index contributed by atoms with van der Waals surface area (Å²) in [7, 11) is 0. The molecule has 2 N–H and O–H groups in total. The molecule has 0 aliphatic carbocycles. The van der Waals surface area contributed by atoms with E-state index in [0.717, 1.165) is 5.69 Å². The van der Waals surface area contributed by atoms with E-state index in [9.17, 15) is 4.79 Å². The Morgan fingerprint density at radius 3 is 2.47 bits per heavy atom. The molecule has 1 aromatic heterocycles. The summed E-state index contributed by atoms with van der Waals surface area (Å²) in [6, 6.07) is 5.71. The van der Waals surface area contributed by atoms with E-state index in [4.69, 9.17) is 0 Å². The second-order valence-electron chi connectivity index (χ2n) is 5.28. The molecular formula is C13H19N3O. The van der Waals surface area contributed by atoms with Crippen molar-refractivity contribution >= 4 is 5.91 Å². The fourth-order valence-electron chi connectivity index (χ4n) is 2.16. The Labute approximate surface area is 102 Å². The highest BCUT2D eigenvalue weighted by atomic mass is 16.2. The molecule has 0 aromatic carbocycles. The maximum absolute atomic E-state index is 12.1. The molecule has 0 spiro atoms. The number of rotatable bonds is 2. The first-order chi connectivity index (χ1) is 7.88. The molecule has 1 fully saturated rings. The summed E-state index contributed by atoms with van der Waals surface area (Å²) >= 11 is 0. The highest BCUT2D eigenvalue weighted by Crippen LogP contribution is 2.30. The fourth-order valence-corrected chi connectivity index (χ4v) is 2.16.